The van der Waals surface area contributed by atoms with Crippen LogP contribution in [-0.4, -0.2) is 33.4 Å². The van der Waals surface area contributed by atoms with Gasteiger partial charge in [-0.1, -0.05) is 17.7 Å². The molecule has 0 fully saturated rings. The summed E-state index contributed by atoms with van der Waals surface area (Å²) < 4.78 is 6.36. The molecule has 9 nitrogen and oxygen atoms in total. The molecular formula is C28H28N4O5S. The molecule has 2 N–H and O–H groups in total. The molecule has 0 aliphatic rings. The van der Waals surface area contributed by atoms with Gasteiger partial charge in [-0.15, -0.1) is 11.3 Å². The second-order valence-electron chi connectivity index (χ2n) is 9.27. The van der Waals surface area contributed by atoms with Gasteiger partial charge in [0.2, 0.25) is 5.91 Å². The largest absolute Gasteiger partial charge is 0.459 e. The summed E-state index contributed by atoms with van der Waals surface area (Å²) >= 11 is 1.14. The SMILES string of the molecule is Cc1ccc(NC(=O)c2sc3ncn(CC(=O)Nc4ccc(C(=O)OC(C)C)cc4)c(=O)c3c2C)c(C)c1. The maximum absolute atomic E-state index is 13.2. The van der Waals surface area contributed by atoms with E-state index in [1.54, 1.807) is 45.0 Å². The number of nitrogens with one attached hydrogen (secondary N) is 2. The van der Waals surface area contributed by atoms with Crippen LogP contribution in [0.1, 0.15) is 50.6 Å². The molecule has 0 saturated carbocycles. The normalized spacial score (nSPS) is 11.0. The number of amides is 2. The summed E-state index contributed by atoms with van der Waals surface area (Å²) in [5, 5.41) is 5.93. The first-order valence-electron chi connectivity index (χ1n) is 12.0. The Labute approximate surface area is 223 Å². The van der Waals surface area contributed by atoms with E-state index in [1.807, 2.05) is 32.0 Å². The molecule has 0 atom stereocenters. The molecular weight excluding hydrogens is 504 g/mol. The smallest absolute Gasteiger partial charge is 0.338 e. The van der Waals surface area contributed by atoms with Gasteiger partial charge in [0.05, 0.1) is 28.3 Å². The summed E-state index contributed by atoms with van der Waals surface area (Å²) in [6.45, 7) is 8.86. The van der Waals surface area contributed by atoms with E-state index in [0.717, 1.165) is 22.5 Å². The molecule has 0 bridgehead atoms. The molecule has 2 amide bonds. The van der Waals surface area contributed by atoms with Crippen LogP contribution in [-0.2, 0) is 16.1 Å². The van der Waals surface area contributed by atoms with E-state index in [9.17, 15) is 19.2 Å². The molecule has 0 aliphatic heterocycles. The Morgan fingerprint density at radius 1 is 1.03 bits per heavy atom. The first-order valence-corrected chi connectivity index (χ1v) is 12.8. The number of fused-ring (bicyclic) bond motifs is 1. The molecule has 0 radical (unpaired) electrons. The number of hydrogen-bond acceptors (Lipinski definition) is 7. The summed E-state index contributed by atoms with van der Waals surface area (Å²) in [4.78, 5) is 56.0. The van der Waals surface area contributed by atoms with E-state index in [4.69, 9.17) is 4.74 Å². The maximum atomic E-state index is 13.2. The number of carbonyl (C=O) groups excluding carboxylic acids is 3. The Balaban J connectivity index is 1.49. The number of esters is 1. The standard InChI is InChI=1S/C28H28N4O5S/c1-15(2)37-28(36)19-7-9-20(10-8-19)30-22(33)13-32-14-29-26-23(27(32)35)18(5)24(38-26)25(34)31-21-11-6-16(3)12-17(21)4/h6-12,14-15H,13H2,1-5H3,(H,30,33)(H,31,34). The average molecular weight is 533 g/mol. The average Bonchev–Trinajstić information content (AvgIpc) is 3.19. The van der Waals surface area contributed by atoms with E-state index < -0.39 is 17.4 Å². The molecule has 0 unspecified atom stereocenters. The minimum atomic E-state index is -0.447. The number of thiophene rings is 1. The molecule has 196 valence electrons. The lowest BCUT2D eigenvalue weighted by Crippen LogP contribution is -2.28. The Morgan fingerprint density at radius 3 is 2.39 bits per heavy atom. The monoisotopic (exact) mass is 532 g/mol. The lowest BCUT2D eigenvalue weighted by Gasteiger charge is -2.10. The fourth-order valence-corrected chi connectivity index (χ4v) is 4.98. The van der Waals surface area contributed by atoms with Crippen molar-refractivity contribution in [1.82, 2.24) is 9.55 Å². The van der Waals surface area contributed by atoms with Gasteiger partial charge in [-0.25, -0.2) is 9.78 Å². The minimum absolute atomic E-state index is 0.235. The third-order valence-corrected chi connectivity index (χ3v) is 7.01. The van der Waals surface area contributed by atoms with Crippen molar-refractivity contribution in [2.24, 2.45) is 0 Å². The zero-order valence-corrected chi connectivity index (χ0v) is 22.6. The molecule has 2 heterocycles. The zero-order chi connectivity index (χ0) is 27.6. The van der Waals surface area contributed by atoms with E-state index >= 15 is 0 Å². The molecule has 10 heteroatoms. The van der Waals surface area contributed by atoms with Crippen LogP contribution >= 0.6 is 11.3 Å². The van der Waals surface area contributed by atoms with Gasteiger partial charge >= 0.3 is 5.97 Å². The van der Waals surface area contributed by atoms with Crippen molar-refractivity contribution in [1.29, 1.82) is 0 Å². The number of hydrogen-bond donors (Lipinski definition) is 2. The van der Waals surface area contributed by atoms with Crippen LogP contribution in [0.25, 0.3) is 10.2 Å². The highest BCUT2D eigenvalue weighted by atomic mass is 32.1. The fourth-order valence-electron chi connectivity index (χ4n) is 3.95. The number of aromatic nitrogens is 2. The number of aryl methyl sites for hydroxylation is 3. The van der Waals surface area contributed by atoms with Crippen molar-refractivity contribution in [3.8, 4) is 0 Å². The van der Waals surface area contributed by atoms with Crippen molar-refractivity contribution in [2.45, 2.75) is 47.3 Å². The van der Waals surface area contributed by atoms with Gasteiger partial charge < -0.3 is 15.4 Å². The van der Waals surface area contributed by atoms with Crippen molar-refractivity contribution in [3.05, 3.63) is 86.3 Å². The van der Waals surface area contributed by atoms with Gasteiger partial charge in [-0.3, -0.25) is 19.0 Å². The van der Waals surface area contributed by atoms with E-state index in [2.05, 4.69) is 15.6 Å². The molecule has 4 rings (SSSR count). The molecule has 0 saturated heterocycles. The van der Waals surface area contributed by atoms with Gasteiger partial charge in [0.1, 0.15) is 11.4 Å². The maximum Gasteiger partial charge on any atom is 0.338 e. The summed E-state index contributed by atoms with van der Waals surface area (Å²) in [5.41, 5.74) is 3.68. The van der Waals surface area contributed by atoms with Crippen molar-refractivity contribution >= 4 is 50.7 Å². The zero-order valence-electron chi connectivity index (χ0n) is 21.7. The van der Waals surface area contributed by atoms with Gasteiger partial charge in [0.25, 0.3) is 11.5 Å². The van der Waals surface area contributed by atoms with Crippen molar-refractivity contribution in [2.75, 3.05) is 10.6 Å². The van der Waals surface area contributed by atoms with Crippen molar-refractivity contribution < 1.29 is 19.1 Å². The first-order chi connectivity index (χ1) is 18.0. The fraction of sp³-hybridized carbons (Fsp3) is 0.250. The molecule has 2 aromatic heterocycles. The number of carbonyl (C=O) groups is 3. The van der Waals surface area contributed by atoms with Gasteiger partial charge in [0, 0.05) is 11.4 Å². The summed E-state index contributed by atoms with van der Waals surface area (Å²) in [6, 6.07) is 12.0. The number of rotatable bonds is 7. The molecule has 0 spiro atoms. The Bertz CT molecular complexity index is 1600. The second kappa shape index (κ2) is 11.0. The van der Waals surface area contributed by atoms with Crippen LogP contribution in [0.2, 0.25) is 0 Å². The highest BCUT2D eigenvalue weighted by Gasteiger charge is 2.21. The van der Waals surface area contributed by atoms with Gasteiger partial charge in [-0.05, 0) is 76.1 Å². The summed E-state index contributed by atoms with van der Waals surface area (Å²) in [6.07, 6.45) is 1.07. The van der Waals surface area contributed by atoms with Crippen LogP contribution in [0.4, 0.5) is 11.4 Å². The van der Waals surface area contributed by atoms with Crippen LogP contribution in [0.3, 0.4) is 0 Å². The van der Waals surface area contributed by atoms with Crippen LogP contribution in [0, 0.1) is 20.8 Å². The molecule has 4 aromatic rings. The topological polar surface area (TPSA) is 119 Å². The third-order valence-electron chi connectivity index (χ3n) is 5.81. The van der Waals surface area contributed by atoms with Crippen molar-refractivity contribution in [3.63, 3.8) is 0 Å². The Hall–Kier alpha value is -4.31. The lowest BCUT2D eigenvalue weighted by atomic mass is 10.1. The number of anilines is 2. The predicted octanol–water partition coefficient (Wildman–Crippen LogP) is 4.84. The molecule has 2 aromatic carbocycles. The molecule has 38 heavy (non-hydrogen) atoms. The second-order valence-corrected chi connectivity index (χ2v) is 10.3. The highest BCUT2D eigenvalue weighted by Crippen LogP contribution is 2.28. The van der Waals surface area contributed by atoms with Crippen LogP contribution in [0.5, 0.6) is 0 Å². The Morgan fingerprint density at radius 2 is 1.74 bits per heavy atom. The van der Waals surface area contributed by atoms with E-state index in [-0.39, 0.29) is 18.6 Å². The Kier molecular flexibility index (Phi) is 7.72. The number of nitrogens with zero attached hydrogens (tertiary/aromatic N) is 2. The summed E-state index contributed by atoms with van der Waals surface area (Å²) in [7, 11) is 0. The molecule has 0 aliphatic carbocycles. The number of ether oxygens (including phenoxy) is 1. The van der Waals surface area contributed by atoms with Crippen LogP contribution in [0.15, 0.2) is 53.6 Å². The van der Waals surface area contributed by atoms with E-state index in [0.29, 0.717) is 37.6 Å². The van der Waals surface area contributed by atoms with E-state index in [1.165, 1.54) is 10.9 Å². The predicted molar refractivity (Wildman–Crippen MR) is 148 cm³/mol. The first kappa shape index (κ1) is 26.7. The van der Waals surface area contributed by atoms with Crippen LogP contribution < -0.4 is 16.2 Å². The lowest BCUT2D eigenvalue weighted by molar-refractivity contribution is -0.116. The minimum Gasteiger partial charge on any atom is -0.459 e. The summed E-state index contributed by atoms with van der Waals surface area (Å²) in [5.74, 6) is -1.20. The number of benzene rings is 2. The third kappa shape index (κ3) is 5.81. The van der Waals surface area contributed by atoms with Gasteiger partial charge in [-0.2, -0.15) is 0 Å². The van der Waals surface area contributed by atoms with Gasteiger partial charge in [0.15, 0.2) is 0 Å². The quantitative estimate of drug-likeness (QED) is 0.329. The highest BCUT2D eigenvalue weighted by molar-refractivity contribution is 7.20.